The summed E-state index contributed by atoms with van der Waals surface area (Å²) in [5.41, 5.74) is 1.35. The summed E-state index contributed by atoms with van der Waals surface area (Å²) < 4.78 is 3.32. The van der Waals surface area contributed by atoms with E-state index in [9.17, 15) is 9.59 Å². The third-order valence-electron chi connectivity index (χ3n) is 4.08. The average Bonchev–Trinajstić information content (AvgIpc) is 3.03. The third-order valence-corrected chi connectivity index (χ3v) is 5.13. The fourth-order valence-electron chi connectivity index (χ4n) is 2.66. The Labute approximate surface area is 168 Å². The average molecular weight is 400 g/mol. The van der Waals surface area contributed by atoms with Crippen LogP contribution in [0, 0.1) is 11.8 Å². The highest BCUT2D eigenvalue weighted by atomic mass is 32.2. The molecule has 0 spiro atoms. The van der Waals surface area contributed by atoms with Gasteiger partial charge < -0.3 is 5.32 Å². The van der Waals surface area contributed by atoms with Crippen molar-refractivity contribution in [2.45, 2.75) is 44.9 Å². The summed E-state index contributed by atoms with van der Waals surface area (Å²) in [6.45, 7) is 8.62. The van der Waals surface area contributed by atoms with Crippen LogP contribution in [-0.2, 0) is 17.1 Å². The number of hydrogen-bond donors (Lipinski definition) is 1. The van der Waals surface area contributed by atoms with Gasteiger partial charge in [-0.1, -0.05) is 27.7 Å². The Kier molecular flexibility index (Phi) is 6.18. The van der Waals surface area contributed by atoms with Crippen molar-refractivity contribution >= 4 is 29.1 Å². The Bertz CT molecular complexity index is 1020. The highest BCUT2D eigenvalue weighted by molar-refractivity contribution is 7.98. The molecule has 28 heavy (non-hydrogen) atoms. The topological polar surface area (TPSA) is 81.3 Å². The van der Waals surface area contributed by atoms with Crippen LogP contribution in [0.15, 0.2) is 46.3 Å². The first-order chi connectivity index (χ1) is 13.3. The molecule has 1 aromatic carbocycles. The molecule has 0 saturated heterocycles. The number of carbonyl (C=O) groups is 1. The predicted molar refractivity (Wildman–Crippen MR) is 112 cm³/mol. The molecule has 0 fully saturated rings. The van der Waals surface area contributed by atoms with Gasteiger partial charge >= 0.3 is 0 Å². The van der Waals surface area contributed by atoms with E-state index in [-0.39, 0.29) is 17.4 Å². The third kappa shape index (κ3) is 4.81. The van der Waals surface area contributed by atoms with Crippen molar-refractivity contribution in [1.82, 2.24) is 19.2 Å². The molecular weight excluding hydrogens is 374 g/mol. The van der Waals surface area contributed by atoms with Gasteiger partial charge in [0.2, 0.25) is 5.91 Å². The summed E-state index contributed by atoms with van der Waals surface area (Å²) in [4.78, 5) is 34.0. The van der Waals surface area contributed by atoms with Crippen LogP contribution >= 0.6 is 11.8 Å². The van der Waals surface area contributed by atoms with Gasteiger partial charge in [-0.2, -0.15) is 9.50 Å². The van der Waals surface area contributed by atoms with Crippen molar-refractivity contribution in [3.05, 3.63) is 52.7 Å². The summed E-state index contributed by atoms with van der Waals surface area (Å²) in [5, 5.41) is 2.87. The maximum atomic E-state index is 12.5. The molecule has 0 bridgehead atoms. The zero-order valence-electron chi connectivity index (χ0n) is 16.5. The van der Waals surface area contributed by atoms with Crippen molar-refractivity contribution in [3.8, 4) is 0 Å². The monoisotopic (exact) mass is 399 g/mol. The fraction of sp³-hybridized carbons (Fsp3) is 0.400. The van der Waals surface area contributed by atoms with Gasteiger partial charge in [0.05, 0.1) is 5.69 Å². The molecule has 3 aromatic rings. The van der Waals surface area contributed by atoms with E-state index in [0.29, 0.717) is 29.7 Å². The van der Waals surface area contributed by atoms with Crippen LogP contribution in [0.3, 0.4) is 0 Å². The number of fused-ring (bicyclic) bond motifs is 1. The Hall–Kier alpha value is -2.61. The molecule has 148 valence electrons. The molecule has 0 unspecified atom stereocenters. The van der Waals surface area contributed by atoms with Crippen molar-refractivity contribution < 1.29 is 4.79 Å². The lowest BCUT2D eigenvalue weighted by Crippen LogP contribution is -2.22. The van der Waals surface area contributed by atoms with Gasteiger partial charge in [0, 0.05) is 34.9 Å². The lowest BCUT2D eigenvalue weighted by atomic mass is 10.2. The van der Waals surface area contributed by atoms with Crippen molar-refractivity contribution in [2.75, 3.05) is 5.32 Å². The molecule has 1 N–H and O–H groups in total. The van der Waals surface area contributed by atoms with Crippen molar-refractivity contribution in [2.24, 2.45) is 11.8 Å². The first-order valence-corrected chi connectivity index (χ1v) is 10.3. The van der Waals surface area contributed by atoms with Gasteiger partial charge in [0.25, 0.3) is 11.3 Å². The molecule has 2 aromatic heterocycles. The van der Waals surface area contributed by atoms with Crippen LogP contribution in [0.5, 0.6) is 0 Å². The lowest BCUT2D eigenvalue weighted by Gasteiger charge is -2.09. The standard InChI is InChI=1S/C20H25N5O2S/c1-13(2)10-24-12-21-20-23-16(9-18(26)25(20)24)11-28-17-7-5-15(6-8-17)22-19(27)14(3)4/h5-9,12-14H,10-11H2,1-4H3,(H,22,27). The van der Waals surface area contributed by atoms with Gasteiger partial charge in [0.1, 0.15) is 6.33 Å². The van der Waals surface area contributed by atoms with Crippen LogP contribution in [0.1, 0.15) is 33.4 Å². The number of anilines is 1. The number of nitrogens with zero attached hydrogens (tertiary/aromatic N) is 4. The number of carbonyl (C=O) groups excluding carboxylic acids is 1. The number of thioether (sulfide) groups is 1. The number of aromatic nitrogens is 4. The van der Waals surface area contributed by atoms with Crippen LogP contribution in [0.4, 0.5) is 5.69 Å². The van der Waals surface area contributed by atoms with E-state index >= 15 is 0 Å². The molecule has 1 amide bonds. The van der Waals surface area contributed by atoms with Crippen molar-refractivity contribution in [3.63, 3.8) is 0 Å². The van der Waals surface area contributed by atoms with Gasteiger partial charge in [-0.3, -0.25) is 14.3 Å². The van der Waals surface area contributed by atoms with Gasteiger partial charge in [-0.05, 0) is 30.2 Å². The number of hydrogen-bond acceptors (Lipinski definition) is 5. The zero-order valence-corrected chi connectivity index (χ0v) is 17.4. The fourth-order valence-corrected chi connectivity index (χ4v) is 3.45. The Morgan fingerprint density at radius 1 is 1.18 bits per heavy atom. The summed E-state index contributed by atoms with van der Waals surface area (Å²) in [6, 6.07) is 9.21. The van der Waals surface area contributed by atoms with Gasteiger partial charge in [-0.15, -0.1) is 11.8 Å². The summed E-state index contributed by atoms with van der Waals surface area (Å²) >= 11 is 1.58. The second-order valence-corrected chi connectivity index (χ2v) is 8.46. The molecule has 0 atom stereocenters. The van der Waals surface area contributed by atoms with E-state index in [0.717, 1.165) is 10.6 Å². The molecular formula is C20H25N5O2S. The molecule has 0 radical (unpaired) electrons. The van der Waals surface area contributed by atoms with Crippen LogP contribution in [0.2, 0.25) is 0 Å². The van der Waals surface area contributed by atoms with E-state index in [4.69, 9.17) is 0 Å². The SMILES string of the molecule is CC(C)Cn1cnc2nc(CSc3ccc(NC(=O)C(C)C)cc3)cc(=O)n21. The molecule has 3 rings (SSSR count). The zero-order chi connectivity index (χ0) is 20.3. The second kappa shape index (κ2) is 8.60. The molecule has 8 heteroatoms. The normalized spacial score (nSPS) is 11.5. The van der Waals surface area contributed by atoms with Crippen LogP contribution in [0.25, 0.3) is 5.78 Å². The second-order valence-electron chi connectivity index (χ2n) is 7.41. The summed E-state index contributed by atoms with van der Waals surface area (Å²) in [6.07, 6.45) is 1.66. The minimum absolute atomic E-state index is 0.00437. The summed E-state index contributed by atoms with van der Waals surface area (Å²) in [7, 11) is 0. The van der Waals surface area contributed by atoms with E-state index in [1.165, 1.54) is 4.52 Å². The predicted octanol–water partition coefficient (Wildman–Crippen LogP) is 3.43. The number of amides is 1. The number of nitrogens with one attached hydrogen (secondary N) is 1. The molecule has 0 aliphatic rings. The van der Waals surface area contributed by atoms with Crippen molar-refractivity contribution in [1.29, 1.82) is 0 Å². The van der Waals surface area contributed by atoms with Gasteiger partial charge in [0.15, 0.2) is 0 Å². The first kappa shape index (κ1) is 20.1. The summed E-state index contributed by atoms with van der Waals surface area (Å²) in [5.74, 6) is 1.34. The number of rotatable bonds is 7. The van der Waals surface area contributed by atoms with E-state index in [1.807, 2.05) is 38.1 Å². The Morgan fingerprint density at radius 2 is 1.89 bits per heavy atom. The lowest BCUT2D eigenvalue weighted by molar-refractivity contribution is -0.118. The largest absolute Gasteiger partial charge is 0.326 e. The minimum Gasteiger partial charge on any atom is -0.326 e. The molecule has 2 heterocycles. The van der Waals surface area contributed by atoms with Gasteiger partial charge in [-0.25, -0.2) is 4.98 Å². The Morgan fingerprint density at radius 3 is 2.54 bits per heavy atom. The van der Waals surface area contributed by atoms with Crippen LogP contribution < -0.4 is 10.9 Å². The minimum atomic E-state index is -0.120. The van der Waals surface area contributed by atoms with E-state index in [1.54, 1.807) is 28.8 Å². The molecule has 0 saturated carbocycles. The molecule has 0 aliphatic heterocycles. The maximum absolute atomic E-state index is 12.5. The highest BCUT2D eigenvalue weighted by Gasteiger charge is 2.10. The van der Waals surface area contributed by atoms with E-state index < -0.39 is 0 Å². The molecule has 7 nitrogen and oxygen atoms in total. The Balaban J connectivity index is 1.68. The quantitative estimate of drug-likeness (QED) is 0.616. The smallest absolute Gasteiger partial charge is 0.274 e. The maximum Gasteiger partial charge on any atom is 0.274 e. The number of benzene rings is 1. The van der Waals surface area contributed by atoms with Crippen LogP contribution in [-0.4, -0.2) is 25.1 Å². The van der Waals surface area contributed by atoms with E-state index in [2.05, 4.69) is 29.1 Å². The molecule has 0 aliphatic carbocycles. The highest BCUT2D eigenvalue weighted by Crippen LogP contribution is 2.23. The first-order valence-electron chi connectivity index (χ1n) is 9.31.